The molecule has 3 nitrogen and oxygen atoms in total. The standard InChI is InChI=1S/C9H19NO2/c1-2-9(7-12)10-4-3-8(5-10)6-11/h8-9,11-12H,2-7H2,1H3. The lowest BCUT2D eigenvalue weighted by Crippen LogP contribution is -2.35. The first-order valence-electron chi connectivity index (χ1n) is 4.77. The van der Waals surface area contributed by atoms with Crippen molar-refractivity contribution in [2.45, 2.75) is 25.8 Å². The van der Waals surface area contributed by atoms with Gasteiger partial charge in [-0.25, -0.2) is 0 Å². The van der Waals surface area contributed by atoms with Crippen molar-refractivity contribution in [3.63, 3.8) is 0 Å². The van der Waals surface area contributed by atoms with Gasteiger partial charge in [-0.3, -0.25) is 4.90 Å². The minimum atomic E-state index is 0.245. The van der Waals surface area contributed by atoms with Crippen molar-refractivity contribution >= 4 is 0 Å². The Balaban J connectivity index is 2.34. The van der Waals surface area contributed by atoms with Crippen LogP contribution in [0.3, 0.4) is 0 Å². The van der Waals surface area contributed by atoms with Gasteiger partial charge in [0, 0.05) is 19.2 Å². The van der Waals surface area contributed by atoms with E-state index in [1.807, 2.05) is 0 Å². The van der Waals surface area contributed by atoms with Crippen molar-refractivity contribution in [3.05, 3.63) is 0 Å². The second-order valence-electron chi connectivity index (χ2n) is 3.58. The summed E-state index contributed by atoms with van der Waals surface area (Å²) in [6.45, 7) is 4.61. The average Bonchev–Trinajstić information content (AvgIpc) is 2.55. The molecule has 1 aliphatic rings. The molecule has 1 aliphatic heterocycles. The summed E-state index contributed by atoms with van der Waals surface area (Å²) in [5.41, 5.74) is 0. The van der Waals surface area contributed by atoms with E-state index in [2.05, 4.69) is 11.8 Å². The third-order valence-electron chi connectivity index (χ3n) is 2.77. The van der Waals surface area contributed by atoms with Gasteiger partial charge in [0.25, 0.3) is 0 Å². The molecule has 0 radical (unpaired) electrons. The van der Waals surface area contributed by atoms with E-state index in [1.54, 1.807) is 0 Å². The number of hydrogen-bond acceptors (Lipinski definition) is 3. The SMILES string of the molecule is CCC(CO)N1CCC(CO)C1. The monoisotopic (exact) mass is 173 g/mol. The number of aliphatic hydroxyl groups is 2. The summed E-state index contributed by atoms with van der Waals surface area (Å²) in [7, 11) is 0. The summed E-state index contributed by atoms with van der Waals surface area (Å²) in [5, 5.41) is 18.0. The third kappa shape index (κ3) is 2.19. The zero-order chi connectivity index (χ0) is 8.97. The molecule has 2 N–H and O–H groups in total. The lowest BCUT2D eigenvalue weighted by molar-refractivity contribution is 0.132. The topological polar surface area (TPSA) is 43.7 Å². The Morgan fingerprint density at radius 3 is 2.67 bits per heavy atom. The summed E-state index contributed by atoms with van der Waals surface area (Å²) in [6, 6.07) is 0.307. The van der Waals surface area contributed by atoms with Gasteiger partial charge >= 0.3 is 0 Å². The number of nitrogens with zero attached hydrogens (tertiary/aromatic N) is 1. The predicted octanol–water partition coefficient (Wildman–Crippen LogP) is 0.0715. The van der Waals surface area contributed by atoms with Crippen LogP contribution in [-0.2, 0) is 0 Å². The Labute approximate surface area is 74.0 Å². The van der Waals surface area contributed by atoms with Crippen LogP contribution in [0.1, 0.15) is 19.8 Å². The Morgan fingerprint density at radius 2 is 2.25 bits per heavy atom. The van der Waals surface area contributed by atoms with Crippen molar-refractivity contribution in [1.82, 2.24) is 4.90 Å². The van der Waals surface area contributed by atoms with E-state index >= 15 is 0 Å². The lowest BCUT2D eigenvalue weighted by atomic mass is 10.1. The zero-order valence-corrected chi connectivity index (χ0v) is 7.74. The molecule has 0 aliphatic carbocycles. The molecule has 72 valence electrons. The molecular formula is C9H19NO2. The highest BCUT2D eigenvalue weighted by atomic mass is 16.3. The van der Waals surface area contributed by atoms with Crippen LogP contribution in [0.4, 0.5) is 0 Å². The van der Waals surface area contributed by atoms with Gasteiger partial charge in [0.05, 0.1) is 6.61 Å². The molecule has 12 heavy (non-hydrogen) atoms. The molecule has 0 bridgehead atoms. The van der Waals surface area contributed by atoms with Crippen LogP contribution in [0, 0.1) is 5.92 Å². The van der Waals surface area contributed by atoms with Crippen molar-refractivity contribution in [3.8, 4) is 0 Å². The molecule has 1 heterocycles. The van der Waals surface area contributed by atoms with Crippen molar-refractivity contribution in [1.29, 1.82) is 0 Å². The fraction of sp³-hybridized carbons (Fsp3) is 1.00. The van der Waals surface area contributed by atoms with Gasteiger partial charge in [0.1, 0.15) is 0 Å². The molecule has 0 aromatic heterocycles. The van der Waals surface area contributed by atoms with Gasteiger partial charge in [-0.2, -0.15) is 0 Å². The minimum Gasteiger partial charge on any atom is -0.396 e. The molecule has 2 unspecified atom stereocenters. The quantitative estimate of drug-likeness (QED) is 0.632. The second kappa shape index (κ2) is 4.80. The van der Waals surface area contributed by atoms with Crippen LogP contribution in [0.2, 0.25) is 0 Å². The molecular weight excluding hydrogens is 154 g/mol. The third-order valence-corrected chi connectivity index (χ3v) is 2.77. The largest absolute Gasteiger partial charge is 0.396 e. The summed E-state index contributed by atoms with van der Waals surface area (Å²) in [5.74, 6) is 0.436. The highest BCUT2D eigenvalue weighted by molar-refractivity contribution is 4.79. The Kier molecular flexibility index (Phi) is 3.98. The van der Waals surface area contributed by atoms with Crippen molar-refractivity contribution in [2.24, 2.45) is 5.92 Å². The van der Waals surface area contributed by atoms with E-state index in [1.165, 1.54) is 0 Å². The molecule has 0 spiro atoms. The first-order valence-corrected chi connectivity index (χ1v) is 4.77. The molecule has 0 amide bonds. The van der Waals surface area contributed by atoms with Crippen LogP contribution in [0.15, 0.2) is 0 Å². The summed E-state index contributed by atoms with van der Waals surface area (Å²) >= 11 is 0. The van der Waals surface area contributed by atoms with Crippen LogP contribution in [-0.4, -0.2) is 47.5 Å². The van der Waals surface area contributed by atoms with E-state index < -0.39 is 0 Å². The molecule has 0 aromatic carbocycles. The fourth-order valence-electron chi connectivity index (χ4n) is 1.85. The number of hydrogen-bond donors (Lipinski definition) is 2. The van der Waals surface area contributed by atoms with E-state index in [-0.39, 0.29) is 6.61 Å². The number of rotatable bonds is 4. The van der Waals surface area contributed by atoms with E-state index in [4.69, 9.17) is 10.2 Å². The van der Waals surface area contributed by atoms with Crippen LogP contribution >= 0.6 is 0 Å². The molecule has 1 rings (SSSR count). The molecule has 0 aromatic rings. The number of likely N-dealkylation sites (tertiary alicyclic amines) is 1. The summed E-state index contributed by atoms with van der Waals surface area (Å²) < 4.78 is 0. The first kappa shape index (κ1) is 9.96. The summed E-state index contributed by atoms with van der Waals surface area (Å²) in [4.78, 5) is 2.28. The maximum Gasteiger partial charge on any atom is 0.0586 e. The Morgan fingerprint density at radius 1 is 1.50 bits per heavy atom. The maximum atomic E-state index is 9.04. The Hall–Kier alpha value is -0.120. The first-order chi connectivity index (χ1) is 5.81. The van der Waals surface area contributed by atoms with Crippen LogP contribution in [0.5, 0.6) is 0 Å². The van der Waals surface area contributed by atoms with Gasteiger partial charge in [-0.15, -0.1) is 0 Å². The van der Waals surface area contributed by atoms with Gasteiger partial charge < -0.3 is 10.2 Å². The van der Waals surface area contributed by atoms with Gasteiger partial charge in [-0.1, -0.05) is 6.92 Å². The average molecular weight is 173 g/mol. The molecule has 1 fully saturated rings. The fourth-order valence-corrected chi connectivity index (χ4v) is 1.85. The molecule has 1 saturated heterocycles. The van der Waals surface area contributed by atoms with Crippen molar-refractivity contribution < 1.29 is 10.2 Å². The smallest absolute Gasteiger partial charge is 0.0586 e. The summed E-state index contributed by atoms with van der Waals surface area (Å²) in [6.07, 6.45) is 2.07. The normalized spacial score (nSPS) is 27.8. The molecule has 2 atom stereocenters. The Bertz CT molecular complexity index is 126. The molecule has 0 saturated carbocycles. The van der Waals surface area contributed by atoms with Gasteiger partial charge in [-0.05, 0) is 25.3 Å². The van der Waals surface area contributed by atoms with E-state index in [9.17, 15) is 0 Å². The highest BCUT2D eigenvalue weighted by Crippen LogP contribution is 2.18. The minimum absolute atomic E-state index is 0.245. The second-order valence-corrected chi connectivity index (χ2v) is 3.58. The zero-order valence-electron chi connectivity index (χ0n) is 7.74. The highest BCUT2D eigenvalue weighted by Gasteiger charge is 2.26. The maximum absolute atomic E-state index is 9.04. The predicted molar refractivity (Wildman–Crippen MR) is 47.9 cm³/mol. The molecule has 3 heteroatoms. The number of aliphatic hydroxyl groups excluding tert-OH is 2. The van der Waals surface area contributed by atoms with E-state index in [0.29, 0.717) is 18.6 Å². The van der Waals surface area contributed by atoms with Crippen LogP contribution in [0.25, 0.3) is 0 Å². The van der Waals surface area contributed by atoms with Gasteiger partial charge in [0.2, 0.25) is 0 Å². The van der Waals surface area contributed by atoms with Crippen LogP contribution < -0.4 is 0 Å². The van der Waals surface area contributed by atoms with E-state index in [0.717, 1.165) is 25.9 Å². The van der Waals surface area contributed by atoms with Crippen molar-refractivity contribution in [2.75, 3.05) is 26.3 Å². The van der Waals surface area contributed by atoms with Gasteiger partial charge in [0.15, 0.2) is 0 Å². The lowest BCUT2D eigenvalue weighted by Gasteiger charge is -2.24.